The lowest BCUT2D eigenvalue weighted by molar-refractivity contribution is -0.122. The van der Waals surface area contributed by atoms with E-state index in [0.29, 0.717) is 5.56 Å². The molecule has 0 N–H and O–H groups in total. The molecule has 0 spiro atoms. The Morgan fingerprint density at radius 1 is 1.26 bits per heavy atom. The smallest absolute Gasteiger partial charge is 0.229 e. The largest absolute Gasteiger partial charge is 0.309 e. The molecule has 2 nitrogen and oxygen atoms in total. The molecule has 1 amide bonds. The summed E-state index contributed by atoms with van der Waals surface area (Å²) in [6.45, 7) is 9.67. The number of benzene rings is 1. The van der Waals surface area contributed by atoms with Gasteiger partial charge in [-0.05, 0) is 43.5 Å². The molecule has 0 radical (unpaired) electrons. The quantitative estimate of drug-likeness (QED) is 0.776. The molecule has 0 unspecified atom stereocenters. The van der Waals surface area contributed by atoms with Gasteiger partial charge in [-0.2, -0.15) is 0 Å². The van der Waals surface area contributed by atoms with Crippen LogP contribution in [0.3, 0.4) is 0 Å². The summed E-state index contributed by atoms with van der Waals surface area (Å²) in [5, 5.41) is 0. The molecule has 19 heavy (non-hydrogen) atoms. The second-order valence-corrected chi connectivity index (χ2v) is 5.27. The van der Waals surface area contributed by atoms with E-state index < -0.39 is 0 Å². The summed E-state index contributed by atoms with van der Waals surface area (Å²) in [6, 6.07) is 5.06. The highest BCUT2D eigenvalue weighted by Crippen LogP contribution is 2.25. The first-order valence-electron chi connectivity index (χ1n) is 7.01. The number of amides is 1. The predicted molar refractivity (Wildman–Crippen MR) is 77.8 cm³/mol. The third-order valence-corrected chi connectivity index (χ3v) is 3.46. The van der Waals surface area contributed by atoms with Gasteiger partial charge in [-0.25, -0.2) is 4.39 Å². The summed E-state index contributed by atoms with van der Waals surface area (Å²) in [7, 11) is 0. The van der Waals surface area contributed by atoms with E-state index in [1.807, 2.05) is 18.7 Å². The van der Waals surface area contributed by atoms with Crippen molar-refractivity contribution in [2.45, 2.75) is 53.5 Å². The highest BCUT2D eigenvalue weighted by molar-refractivity contribution is 5.95. The number of aryl methyl sites for hydroxylation is 1. The third kappa shape index (κ3) is 3.55. The van der Waals surface area contributed by atoms with Crippen LogP contribution >= 0.6 is 0 Å². The van der Waals surface area contributed by atoms with Crippen molar-refractivity contribution in [1.82, 2.24) is 0 Å². The van der Waals surface area contributed by atoms with Crippen LogP contribution in [0.25, 0.3) is 0 Å². The van der Waals surface area contributed by atoms with E-state index in [1.165, 1.54) is 6.07 Å². The molecule has 0 aromatic heterocycles. The van der Waals surface area contributed by atoms with Gasteiger partial charge in [0.15, 0.2) is 0 Å². The Hall–Kier alpha value is -1.38. The van der Waals surface area contributed by atoms with Crippen molar-refractivity contribution in [3.05, 3.63) is 29.6 Å². The number of anilines is 1. The van der Waals surface area contributed by atoms with Gasteiger partial charge in [0.2, 0.25) is 5.91 Å². The topological polar surface area (TPSA) is 20.3 Å². The second-order valence-electron chi connectivity index (χ2n) is 5.27. The Bertz CT molecular complexity index is 438. The number of nitrogens with zero attached hydrogens (tertiary/aromatic N) is 1. The first-order chi connectivity index (χ1) is 8.92. The molecular weight excluding hydrogens is 241 g/mol. The van der Waals surface area contributed by atoms with Crippen LogP contribution in [-0.2, 0) is 4.79 Å². The Kier molecular flexibility index (Phi) is 5.52. The maximum absolute atomic E-state index is 13.4. The zero-order chi connectivity index (χ0) is 14.6. The number of halogens is 1. The van der Waals surface area contributed by atoms with Crippen molar-refractivity contribution in [2.24, 2.45) is 5.92 Å². The van der Waals surface area contributed by atoms with Crippen LogP contribution < -0.4 is 4.90 Å². The van der Waals surface area contributed by atoms with E-state index in [0.717, 1.165) is 18.5 Å². The molecule has 0 saturated carbocycles. The summed E-state index contributed by atoms with van der Waals surface area (Å²) in [5.74, 6) is -0.198. The molecule has 0 aliphatic rings. The van der Waals surface area contributed by atoms with E-state index in [4.69, 9.17) is 0 Å². The molecular formula is C16H24FNO. The normalized spacial score (nSPS) is 11.2. The van der Waals surface area contributed by atoms with Crippen LogP contribution in [0, 0.1) is 18.7 Å². The number of hydrogen-bond donors (Lipinski definition) is 0. The van der Waals surface area contributed by atoms with Crippen LogP contribution in [0.4, 0.5) is 10.1 Å². The zero-order valence-electron chi connectivity index (χ0n) is 12.5. The van der Waals surface area contributed by atoms with Gasteiger partial charge in [-0.15, -0.1) is 0 Å². The lowest BCUT2D eigenvalue weighted by Crippen LogP contribution is -2.42. The number of carbonyl (C=O) groups is 1. The Labute approximate surface area is 115 Å². The molecule has 0 bridgehead atoms. The molecule has 0 heterocycles. The van der Waals surface area contributed by atoms with Gasteiger partial charge in [0, 0.05) is 17.6 Å². The van der Waals surface area contributed by atoms with Gasteiger partial charge in [0.05, 0.1) is 0 Å². The first kappa shape index (κ1) is 15.7. The maximum Gasteiger partial charge on any atom is 0.229 e. The van der Waals surface area contributed by atoms with Crippen molar-refractivity contribution >= 4 is 11.6 Å². The monoisotopic (exact) mass is 265 g/mol. The van der Waals surface area contributed by atoms with E-state index in [9.17, 15) is 9.18 Å². The van der Waals surface area contributed by atoms with E-state index in [-0.39, 0.29) is 23.7 Å². The molecule has 0 saturated heterocycles. The number of hydrogen-bond acceptors (Lipinski definition) is 1. The van der Waals surface area contributed by atoms with Crippen LogP contribution in [0.15, 0.2) is 18.2 Å². The minimum atomic E-state index is -0.231. The lowest BCUT2D eigenvalue weighted by Gasteiger charge is -2.32. The van der Waals surface area contributed by atoms with Gasteiger partial charge in [0.1, 0.15) is 5.82 Å². The van der Waals surface area contributed by atoms with Gasteiger partial charge in [-0.3, -0.25) is 4.79 Å². The Morgan fingerprint density at radius 2 is 1.84 bits per heavy atom. The Morgan fingerprint density at radius 3 is 2.26 bits per heavy atom. The zero-order valence-corrected chi connectivity index (χ0v) is 12.5. The molecule has 1 aromatic carbocycles. The van der Waals surface area contributed by atoms with E-state index in [1.54, 1.807) is 19.1 Å². The van der Waals surface area contributed by atoms with Crippen LogP contribution in [0.1, 0.15) is 46.1 Å². The standard InChI is InChI=1S/C16H24FNO/c1-6-13(7-2)18(16(19)11(3)4)14-8-9-15(17)12(5)10-14/h8-11,13H,6-7H2,1-5H3. The van der Waals surface area contributed by atoms with Crippen molar-refractivity contribution in [3.8, 4) is 0 Å². The summed E-state index contributed by atoms with van der Waals surface area (Å²) >= 11 is 0. The lowest BCUT2D eigenvalue weighted by atomic mass is 10.0. The van der Waals surface area contributed by atoms with Crippen molar-refractivity contribution in [3.63, 3.8) is 0 Å². The molecule has 1 rings (SSSR count). The molecule has 0 fully saturated rings. The van der Waals surface area contributed by atoms with Gasteiger partial charge >= 0.3 is 0 Å². The minimum absolute atomic E-state index is 0.0639. The molecule has 0 atom stereocenters. The molecule has 106 valence electrons. The highest BCUT2D eigenvalue weighted by Gasteiger charge is 2.25. The molecule has 1 aromatic rings. The summed E-state index contributed by atoms with van der Waals surface area (Å²) in [6.07, 6.45) is 1.79. The summed E-state index contributed by atoms with van der Waals surface area (Å²) < 4.78 is 13.4. The first-order valence-corrected chi connectivity index (χ1v) is 7.01. The third-order valence-electron chi connectivity index (χ3n) is 3.46. The second kappa shape index (κ2) is 6.69. The molecule has 0 aliphatic heterocycles. The van der Waals surface area contributed by atoms with Gasteiger partial charge in [0.25, 0.3) is 0 Å². The van der Waals surface area contributed by atoms with E-state index in [2.05, 4.69) is 13.8 Å². The number of rotatable bonds is 5. The number of carbonyl (C=O) groups excluding carboxylic acids is 1. The fourth-order valence-electron chi connectivity index (χ4n) is 2.23. The van der Waals surface area contributed by atoms with E-state index >= 15 is 0 Å². The van der Waals surface area contributed by atoms with Crippen molar-refractivity contribution < 1.29 is 9.18 Å². The molecule has 3 heteroatoms. The fraction of sp³-hybridized carbons (Fsp3) is 0.562. The fourth-order valence-corrected chi connectivity index (χ4v) is 2.23. The van der Waals surface area contributed by atoms with Crippen LogP contribution in [-0.4, -0.2) is 11.9 Å². The van der Waals surface area contributed by atoms with Gasteiger partial charge in [-0.1, -0.05) is 27.7 Å². The average Bonchev–Trinajstić information content (AvgIpc) is 2.38. The van der Waals surface area contributed by atoms with Gasteiger partial charge < -0.3 is 4.90 Å². The van der Waals surface area contributed by atoms with Crippen LogP contribution in [0.5, 0.6) is 0 Å². The Balaban J connectivity index is 3.22. The van der Waals surface area contributed by atoms with Crippen molar-refractivity contribution in [1.29, 1.82) is 0 Å². The average molecular weight is 265 g/mol. The summed E-state index contributed by atoms with van der Waals surface area (Å²) in [4.78, 5) is 14.3. The maximum atomic E-state index is 13.4. The highest BCUT2D eigenvalue weighted by atomic mass is 19.1. The van der Waals surface area contributed by atoms with Crippen molar-refractivity contribution in [2.75, 3.05) is 4.90 Å². The van der Waals surface area contributed by atoms with Crippen LogP contribution in [0.2, 0.25) is 0 Å². The SMILES string of the molecule is CCC(CC)N(C(=O)C(C)C)c1ccc(F)c(C)c1. The molecule has 0 aliphatic carbocycles. The summed E-state index contributed by atoms with van der Waals surface area (Å²) in [5.41, 5.74) is 1.37. The minimum Gasteiger partial charge on any atom is -0.309 e. The predicted octanol–water partition coefficient (Wildman–Crippen LogP) is 4.31.